The van der Waals surface area contributed by atoms with Gasteiger partial charge in [0, 0.05) is 30.9 Å². The van der Waals surface area contributed by atoms with E-state index in [-0.39, 0.29) is 17.1 Å². The van der Waals surface area contributed by atoms with Gasteiger partial charge in [-0.05, 0) is 158 Å². The summed E-state index contributed by atoms with van der Waals surface area (Å²) < 4.78 is 0. The first-order chi connectivity index (χ1) is 26.0. The third kappa shape index (κ3) is 8.39. The number of nitrogens with one attached hydrogen (secondary N) is 3. The van der Waals surface area contributed by atoms with E-state index >= 15 is 0 Å². The Morgan fingerprint density at radius 3 is 2.22 bits per heavy atom. The molecule has 2 fully saturated rings. The van der Waals surface area contributed by atoms with Gasteiger partial charge in [-0.2, -0.15) is 0 Å². The van der Waals surface area contributed by atoms with Gasteiger partial charge in [0.15, 0.2) is 0 Å². The highest BCUT2D eigenvalue weighted by atomic mass is 15.3. The van der Waals surface area contributed by atoms with Crippen LogP contribution in [0, 0.1) is 60.7 Å². The van der Waals surface area contributed by atoms with Crippen molar-refractivity contribution in [3.05, 3.63) is 87.4 Å². The highest BCUT2D eigenvalue weighted by Gasteiger charge is 2.50. The van der Waals surface area contributed by atoms with Crippen LogP contribution in [-0.2, 0) is 12.8 Å². The second-order valence-corrected chi connectivity index (χ2v) is 20.3. The van der Waals surface area contributed by atoms with Crippen LogP contribution in [0.5, 0.6) is 0 Å². The molecule has 0 radical (unpaired) electrons. The van der Waals surface area contributed by atoms with Crippen molar-refractivity contribution >= 4 is 5.57 Å². The standard InChI is InChI=1S/C51H80N4/c1-15-41-22-23-50(14)28-43-36(9)37(10)45-39(12)47(49-48(46(45)44(43)29-50)53-51(54-49)24-26-55(27-25-51)30-31(3)4)52-40(13)34(7)19-17-18-32(5)20-21-33(6)35(8)42(16-2)38(41)11/h17-19,31-33,35,38,41-42,48,52-54H,12-13,15-16,20-30H2,1-11,14H3/b18-17+,34-19-/t32-,33?,35?,38?,41?,42-,48?,50?/m0/s1. The van der Waals surface area contributed by atoms with E-state index in [1.165, 1.54) is 79.4 Å². The Bertz CT molecular complexity index is 1700. The molecular formula is C51H80N4. The Morgan fingerprint density at radius 1 is 0.873 bits per heavy atom. The minimum absolute atomic E-state index is 0.117. The molecule has 3 N–H and O–H groups in total. The van der Waals surface area contributed by atoms with Crippen molar-refractivity contribution in [1.29, 1.82) is 0 Å². The second kappa shape index (κ2) is 16.7. The van der Waals surface area contributed by atoms with Crippen molar-refractivity contribution in [1.82, 2.24) is 20.9 Å². The van der Waals surface area contributed by atoms with Gasteiger partial charge in [0.05, 0.1) is 23.1 Å². The molecule has 1 spiro atoms. The minimum Gasteiger partial charge on any atom is -0.367 e. The zero-order valence-corrected chi connectivity index (χ0v) is 37.4. The second-order valence-electron chi connectivity index (χ2n) is 20.3. The fourth-order valence-corrected chi connectivity index (χ4v) is 11.9. The molecule has 304 valence electrons. The molecule has 2 saturated heterocycles. The lowest BCUT2D eigenvalue weighted by Crippen LogP contribution is -2.56. The fourth-order valence-electron chi connectivity index (χ4n) is 11.9. The van der Waals surface area contributed by atoms with Crippen molar-refractivity contribution in [2.45, 2.75) is 159 Å². The van der Waals surface area contributed by atoms with E-state index in [1.807, 2.05) is 0 Å². The van der Waals surface area contributed by atoms with Crippen LogP contribution in [0.15, 0.2) is 54.1 Å². The van der Waals surface area contributed by atoms with Gasteiger partial charge >= 0.3 is 0 Å². The van der Waals surface area contributed by atoms with Crippen molar-refractivity contribution in [2.24, 2.45) is 46.8 Å². The topological polar surface area (TPSA) is 39.3 Å². The Morgan fingerprint density at radius 2 is 1.56 bits per heavy atom. The van der Waals surface area contributed by atoms with E-state index in [4.69, 9.17) is 6.58 Å². The van der Waals surface area contributed by atoms with Gasteiger partial charge in [0.2, 0.25) is 0 Å². The lowest BCUT2D eigenvalue weighted by Gasteiger charge is -2.40. The zero-order valence-electron chi connectivity index (χ0n) is 37.4. The van der Waals surface area contributed by atoms with E-state index in [0.717, 1.165) is 84.5 Å². The zero-order chi connectivity index (χ0) is 40.0. The lowest BCUT2D eigenvalue weighted by molar-refractivity contribution is 0.118. The van der Waals surface area contributed by atoms with E-state index < -0.39 is 0 Å². The molecule has 0 saturated carbocycles. The summed E-state index contributed by atoms with van der Waals surface area (Å²) in [5, 5.41) is 12.4. The molecule has 4 heteroatoms. The van der Waals surface area contributed by atoms with Crippen molar-refractivity contribution in [2.75, 3.05) is 19.6 Å². The molecule has 6 rings (SSSR count). The third-order valence-corrected chi connectivity index (χ3v) is 15.9. The molecule has 2 aliphatic carbocycles. The molecule has 4 nitrogen and oxygen atoms in total. The van der Waals surface area contributed by atoms with E-state index in [1.54, 1.807) is 11.1 Å². The predicted octanol–water partition coefficient (Wildman–Crippen LogP) is 12.1. The first kappa shape index (κ1) is 42.1. The summed E-state index contributed by atoms with van der Waals surface area (Å²) in [4.78, 5) is 2.67. The Labute approximate surface area is 338 Å². The monoisotopic (exact) mass is 749 g/mol. The molecule has 5 aliphatic rings. The van der Waals surface area contributed by atoms with Crippen LogP contribution < -0.4 is 16.0 Å². The summed E-state index contributed by atoms with van der Waals surface area (Å²) in [6.45, 7) is 42.3. The molecule has 0 amide bonds. The highest BCUT2D eigenvalue weighted by molar-refractivity contribution is 5.87. The number of fused-ring (bicyclic) bond motifs is 1. The number of benzene rings is 1. The van der Waals surface area contributed by atoms with Crippen LogP contribution in [0.4, 0.5) is 0 Å². The number of piperidine rings is 1. The first-order valence-corrected chi connectivity index (χ1v) is 22.7. The number of hydrogen-bond acceptors (Lipinski definition) is 4. The molecule has 1 aromatic carbocycles. The Balaban J connectivity index is 1.43. The first-order valence-electron chi connectivity index (χ1n) is 22.7. The van der Waals surface area contributed by atoms with Crippen molar-refractivity contribution in [3.63, 3.8) is 0 Å². The maximum absolute atomic E-state index is 4.92. The molecule has 55 heavy (non-hydrogen) atoms. The lowest BCUT2D eigenvalue weighted by atomic mass is 9.67. The van der Waals surface area contributed by atoms with Gasteiger partial charge in [0.25, 0.3) is 0 Å². The average molecular weight is 749 g/mol. The van der Waals surface area contributed by atoms with Crippen LogP contribution >= 0.6 is 0 Å². The summed E-state index contributed by atoms with van der Waals surface area (Å²) in [6, 6.07) is 0.117. The predicted molar refractivity (Wildman–Crippen MR) is 238 cm³/mol. The summed E-state index contributed by atoms with van der Waals surface area (Å²) >= 11 is 0. The molecule has 4 bridgehead atoms. The van der Waals surface area contributed by atoms with E-state index in [9.17, 15) is 0 Å². The molecule has 1 aromatic rings. The van der Waals surface area contributed by atoms with Crippen LogP contribution in [0.25, 0.3) is 5.57 Å². The maximum atomic E-state index is 4.92. The Kier molecular flexibility index (Phi) is 12.8. The maximum Gasteiger partial charge on any atom is 0.0912 e. The van der Waals surface area contributed by atoms with E-state index in [2.05, 4.69) is 129 Å². The number of likely N-dealkylation sites (tertiary alicyclic amines) is 1. The molecule has 0 aromatic heterocycles. The Hall–Kier alpha value is -2.56. The van der Waals surface area contributed by atoms with Crippen LogP contribution in [0.3, 0.4) is 0 Å². The van der Waals surface area contributed by atoms with Crippen LogP contribution in [-0.4, -0.2) is 30.2 Å². The van der Waals surface area contributed by atoms with Gasteiger partial charge in [0.1, 0.15) is 0 Å². The quantitative estimate of drug-likeness (QED) is 0.287. The average Bonchev–Trinajstić information content (AvgIpc) is 3.69. The number of hydrogen-bond donors (Lipinski definition) is 3. The summed E-state index contributed by atoms with van der Waals surface area (Å²) in [6.07, 6.45) is 19.2. The number of rotatable bonds is 4. The van der Waals surface area contributed by atoms with Gasteiger partial charge in [-0.15, -0.1) is 0 Å². The number of nitrogens with zero attached hydrogens (tertiary/aromatic N) is 1. The molecule has 8 atom stereocenters. The van der Waals surface area contributed by atoms with Crippen molar-refractivity contribution in [3.8, 4) is 0 Å². The molecule has 3 aliphatic heterocycles. The van der Waals surface area contributed by atoms with Gasteiger partial charge in [-0.3, -0.25) is 5.32 Å². The van der Waals surface area contributed by atoms with Crippen LogP contribution in [0.1, 0.15) is 160 Å². The normalized spacial score (nSPS) is 34.9. The SMILES string of the molecule is C=C1NC2=C3NC4(CCN(CC(C)C)CC4)NC3c3c4c(c(C)c(C)c3C2=C)CC(C)(CCC(CC)C(C)[C@@H](CC)C(C)C(C)CC[C@@H](C)/C=C/C=C\1C)C4. The summed E-state index contributed by atoms with van der Waals surface area (Å²) in [7, 11) is 0. The van der Waals surface area contributed by atoms with Gasteiger partial charge in [-0.1, -0.05) is 107 Å². The fraction of sp³-hybridized carbons (Fsp3) is 0.686. The molecule has 6 unspecified atom stereocenters. The van der Waals surface area contributed by atoms with Crippen LogP contribution in [0.2, 0.25) is 0 Å². The molecular weight excluding hydrogens is 669 g/mol. The largest absolute Gasteiger partial charge is 0.367 e. The van der Waals surface area contributed by atoms with Crippen molar-refractivity contribution < 1.29 is 0 Å². The molecule has 3 heterocycles. The number of allylic oxidation sites excluding steroid dienone is 5. The summed E-state index contributed by atoms with van der Waals surface area (Å²) in [5.74, 6) is 5.01. The third-order valence-electron chi connectivity index (χ3n) is 15.9. The summed E-state index contributed by atoms with van der Waals surface area (Å²) in [5.41, 5.74) is 14.8. The van der Waals surface area contributed by atoms with Gasteiger partial charge < -0.3 is 15.5 Å². The smallest absolute Gasteiger partial charge is 0.0912 e. The highest BCUT2D eigenvalue weighted by Crippen LogP contribution is 2.54. The van der Waals surface area contributed by atoms with E-state index in [0.29, 0.717) is 11.8 Å². The van der Waals surface area contributed by atoms with Gasteiger partial charge in [-0.25, -0.2) is 0 Å². The minimum atomic E-state index is -0.124.